The monoisotopic (exact) mass is 230 g/mol. The molecule has 0 spiro atoms. The minimum absolute atomic E-state index is 0.0589. The van der Waals surface area contributed by atoms with Crippen molar-refractivity contribution in [2.75, 3.05) is 6.61 Å². The van der Waals surface area contributed by atoms with Crippen molar-refractivity contribution in [2.45, 2.75) is 26.2 Å². The molecule has 2 unspecified atom stereocenters. The van der Waals surface area contributed by atoms with Crippen molar-refractivity contribution >= 4 is 5.97 Å². The predicted molar refractivity (Wildman–Crippen MR) is 67.7 cm³/mol. The third-order valence-electron chi connectivity index (χ3n) is 3.04. The Kier molecular flexibility index (Phi) is 3.62. The van der Waals surface area contributed by atoms with Gasteiger partial charge in [0.2, 0.25) is 0 Å². The molecule has 2 atom stereocenters. The van der Waals surface area contributed by atoms with Gasteiger partial charge in [-0.25, -0.2) is 0 Å². The van der Waals surface area contributed by atoms with E-state index in [4.69, 9.17) is 4.74 Å². The lowest BCUT2D eigenvalue weighted by Crippen LogP contribution is -2.08. The summed E-state index contributed by atoms with van der Waals surface area (Å²) < 4.78 is 5.21. The van der Waals surface area contributed by atoms with E-state index in [0.717, 1.165) is 6.42 Å². The molecule has 1 fully saturated rings. The normalized spacial score (nSPS) is 21.8. The molecule has 1 aliphatic carbocycles. The van der Waals surface area contributed by atoms with Crippen molar-refractivity contribution in [3.8, 4) is 0 Å². The average molecular weight is 230 g/mol. The molecule has 0 aromatic heterocycles. The Morgan fingerprint density at radius 3 is 2.71 bits per heavy atom. The van der Waals surface area contributed by atoms with Gasteiger partial charge in [0.1, 0.15) is 6.61 Å². The first-order valence-electron chi connectivity index (χ1n) is 6.03. The SMILES string of the molecule is CC(C)=CCOC(=O)C1CC1c1ccccc1. The maximum absolute atomic E-state index is 11.7. The summed E-state index contributed by atoms with van der Waals surface area (Å²) in [4.78, 5) is 11.7. The quantitative estimate of drug-likeness (QED) is 0.586. The topological polar surface area (TPSA) is 26.3 Å². The van der Waals surface area contributed by atoms with Crippen LogP contribution in [0.3, 0.4) is 0 Å². The molecule has 0 heterocycles. The molecule has 17 heavy (non-hydrogen) atoms. The zero-order valence-corrected chi connectivity index (χ0v) is 10.3. The molecule has 2 nitrogen and oxygen atoms in total. The van der Waals surface area contributed by atoms with Gasteiger partial charge in [-0.15, -0.1) is 0 Å². The standard InChI is InChI=1S/C15H18O2/c1-11(2)8-9-17-15(16)14-10-13(14)12-6-4-3-5-7-12/h3-8,13-14H,9-10H2,1-2H3. The van der Waals surface area contributed by atoms with Crippen LogP contribution in [-0.4, -0.2) is 12.6 Å². The van der Waals surface area contributed by atoms with E-state index in [1.54, 1.807) is 0 Å². The van der Waals surface area contributed by atoms with E-state index in [1.807, 2.05) is 38.1 Å². The molecule has 0 N–H and O–H groups in total. The molecule has 1 aliphatic rings. The molecule has 0 bridgehead atoms. The second kappa shape index (κ2) is 5.17. The molecular formula is C15H18O2. The van der Waals surface area contributed by atoms with Crippen molar-refractivity contribution in [3.05, 3.63) is 47.5 Å². The number of ether oxygens (including phenoxy) is 1. The summed E-state index contributed by atoms with van der Waals surface area (Å²) in [5, 5.41) is 0. The molecule has 90 valence electrons. The zero-order chi connectivity index (χ0) is 12.3. The maximum Gasteiger partial charge on any atom is 0.309 e. The summed E-state index contributed by atoms with van der Waals surface area (Å²) in [6, 6.07) is 10.2. The third kappa shape index (κ3) is 3.19. The van der Waals surface area contributed by atoms with Crippen molar-refractivity contribution < 1.29 is 9.53 Å². The van der Waals surface area contributed by atoms with Crippen molar-refractivity contribution in [3.63, 3.8) is 0 Å². The highest BCUT2D eigenvalue weighted by Gasteiger charge is 2.44. The van der Waals surface area contributed by atoms with Gasteiger partial charge in [-0.05, 0) is 37.8 Å². The Hall–Kier alpha value is -1.57. The number of benzene rings is 1. The van der Waals surface area contributed by atoms with Crippen LogP contribution in [0, 0.1) is 5.92 Å². The van der Waals surface area contributed by atoms with Crippen LogP contribution in [0.25, 0.3) is 0 Å². The molecular weight excluding hydrogens is 212 g/mol. The van der Waals surface area contributed by atoms with Crippen LogP contribution < -0.4 is 0 Å². The molecule has 0 amide bonds. The Bertz CT molecular complexity index is 416. The molecule has 0 radical (unpaired) electrons. The van der Waals surface area contributed by atoms with E-state index in [2.05, 4.69) is 12.1 Å². The van der Waals surface area contributed by atoms with Crippen LogP contribution in [0.1, 0.15) is 31.7 Å². The molecule has 1 aromatic rings. The van der Waals surface area contributed by atoms with Gasteiger partial charge in [-0.2, -0.15) is 0 Å². The van der Waals surface area contributed by atoms with Crippen LogP contribution >= 0.6 is 0 Å². The Labute approximate surface area is 102 Å². The maximum atomic E-state index is 11.7. The van der Waals surface area contributed by atoms with Crippen molar-refractivity contribution in [1.82, 2.24) is 0 Å². The lowest BCUT2D eigenvalue weighted by molar-refractivity contribution is -0.144. The van der Waals surface area contributed by atoms with E-state index in [9.17, 15) is 4.79 Å². The summed E-state index contributed by atoms with van der Waals surface area (Å²) in [6.45, 7) is 4.40. The summed E-state index contributed by atoms with van der Waals surface area (Å²) in [7, 11) is 0. The first-order chi connectivity index (χ1) is 8.18. The largest absolute Gasteiger partial charge is 0.461 e. The second-order valence-corrected chi connectivity index (χ2v) is 4.77. The van der Waals surface area contributed by atoms with Crippen LogP contribution in [-0.2, 0) is 9.53 Å². The Morgan fingerprint density at radius 2 is 2.06 bits per heavy atom. The van der Waals surface area contributed by atoms with Crippen LogP contribution in [0.5, 0.6) is 0 Å². The van der Waals surface area contributed by atoms with E-state index < -0.39 is 0 Å². The number of hydrogen-bond donors (Lipinski definition) is 0. The van der Waals surface area contributed by atoms with E-state index in [0.29, 0.717) is 12.5 Å². The molecule has 0 saturated heterocycles. The first-order valence-corrected chi connectivity index (χ1v) is 6.03. The zero-order valence-electron chi connectivity index (χ0n) is 10.3. The average Bonchev–Trinajstić information content (AvgIpc) is 3.09. The van der Waals surface area contributed by atoms with Gasteiger partial charge in [0.05, 0.1) is 5.92 Å². The summed E-state index contributed by atoms with van der Waals surface area (Å²) in [5.74, 6) is 0.384. The fourth-order valence-electron chi connectivity index (χ4n) is 1.92. The Morgan fingerprint density at radius 1 is 1.35 bits per heavy atom. The van der Waals surface area contributed by atoms with Gasteiger partial charge >= 0.3 is 5.97 Å². The minimum Gasteiger partial charge on any atom is -0.461 e. The first kappa shape index (κ1) is 11.9. The summed E-state index contributed by atoms with van der Waals surface area (Å²) in [5.41, 5.74) is 2.42. The van der Waals surface area contributed by atoms with Gasteiger partial charge in [-0.1, -0.05) is 35.9 Å². The van der Waals surface area contributed by atoms with E-state index >= 15 is 0 Å². The number of rotatable bonds is 4. The number of hydrogen-bond acceptors (Lipinski definition) is 2. The van der Waals surface area contributed by atoms with Crippen LogP contribution in [0.2, 0.25) is 0 Å². The van der Waals surface area contributed by atoms with Crippen LogP contribution in [0.15, 0.2) is 42.0 Å². The Balaban J connectivity index is 1.83. The fourth-order valence-corrected chi connectivity index (χ4v) is 1.92. The molecule has 2 heteroatoms. The smallest absolute Gasteiger partial charge is 0.309 e. The lowest BCUT2D eigenvalue weighted by atomic mass is 10.1. The van der Waals surface area contributed by atoms with Crippen molar-refractivity contribution in [2.24, 2.45) is 5.92 Å². The van der Waals surface area contributed by atoms with Crippen molar-refractivity contribution in [1.29, 1.82) is 0 Å². The second-order valence-electron chi connectivity index (χ2n) is 4.77. The molecule has 1 aromatic carbocycles. The van der Waals surface area contributed by atoms with Gasteiger partial charge < -0.3 is 4.74 Å². The number of carbonyl (C=O) groups excluding carboxylic acids is 1. The number of esters is 1. The number of carbonyl (C=O) groups is 1. The summed E-state index contributed by atoms with van der Waals surface area (Å²) >= 11 is 0. The number of allylic oxidation sites excluding steroid dienone is 1. The third-order valence-corrected chi connectivity index (χ3v) is 3.04. The van der Waals surface area contributed by atoms with E-state index in [1.165, 1.54) is 11.1 Å². The van der Waals surface area contributed by atoms with Gasteiger partial charge in [-0.3, -0.25) is 4.79 Å². The van der Waals surface area contributed by atoms with Crippen LogP contribution in [0.4, 0.5) is 0 Å². The van der Waals surface area contributed by atoms with E-state index in [-0.39, 0.29) is 11.9 Å². The molecule has 0 aliphatic heterocycles. The highest BCUT2D eigenvalue weighted by Crippen LogP contribution is 2.47. The summed E-state index contributed by atoms with van der Waals surface area (Å²) in [6.07, 6.45) is 2.86. The van der Waals surface area contributed by atoms with Gasteiger partial charge in [0.25, 0.3) is 0 Å². The molecule has 1 saturated carbocycles. The predicted octanol–water partition coefficient (Wildman–Crippen LogP) is 3.30. The van der Waals surface area contributed by atoms with Gasteiger partial charge in [0, 0.05) is 0 Å². The minimum atomic E-state index is -0.0589. The lowest BCUT2D eigenvalue weighted by Gasteiger charge is -2.02. The fraction of sp³-hybridized carbons (Fsp3) is 0.400. The highest BCUT2D eigenvalue weighted by atomic mass is 16.5. The highest BCUT2D eigenvalue weighted by molar-refractivity contribution is 5.77. The molecule has 2 rings (SSSR count). The van der Waals surface area contributed by atoms with Gasteiger partial charge in [0.15, 0.2) is 0 Å².